The molecule has 0 bridgehead atoms. The van der Waals surface area contributed by atoms with Gasteiger partial charge in [0.05, 0.1) is 22.4 Å². The summed E-state index contributed by atoms with van der Waals surface area (Å²) in [5.41, 5.74) is 3.99. The summed E-state index contributed by atoms with van der Waals surface area (Å²) in [6.45, 7) is 0.987. The molecule has 33 heavy (non-hydrogen) atoms. The fraction of sp³-hybridized carbons (Fsp3) is 0.261. The zero-order chi connectivity index (χ0) is 23.7. The van der Waals surface area contributed by atoms with E-state index < -0.39 is 0 Å². The summed E-state index contributed by atoms with van der Waals surface area (Å²) in [5, 5.41) is 7.26. The number of anilines is 5. The van der Waals surface area contributed by atoms with Crippen LogP contribution in [0.5, 0.6) is 0 Å². The lowest BCUT2D eigenvalue weighted by Crippen LogP contribution is -2.46. The van der Waals surface area contributed by atoms with Gasteiger partial charge in [0.15, 0.2) is 0 Å². The van der Waals surface area contributed by atoms with Gasteiger partial charge in [0.2, 0.25) is 5.95 Å². The van der Waals surface area contributed by atoms with Gasteiger partial charge in [-0.25, -0.2) is 4.98 Å². The van der Waals surface area contributed by atoms with Crippen LogP contribution in [0.4, 0.5) is 28.8 Å². The fourth-order valence-corrected chi connectivity index (χ4v) is 4.44. The maximum absolute atomic E-state index is 13.2. The second kappa shape index (κ2) is 9.43. The minimum absolute atomic E-state index is 0.253. The number of rotatable bonds is 6. The molecule has 0 atom stereocenters. The van der Waals surface area contributed by atoms with Gasteiger partial charge < -0.3 is 20.4 Å². The van der Waals surface area contributed by atoms with E-state index in [1.165, 1.54) is 11.1 Å². The lowest BCUT2D eigenvalue weighted by Gasteiger charge is -2.35. The second-order valence-electron chi connectivity index (χ2n) is 7.97. The first-order valence-corrected chi connectivity index (χ1v) is 11.1. The molecule has 172 valence electrons. The van der Waals surface area contributed by atoms with Crippen LogP contribution in [0, 0.1) is 0 Å². The molecular formula is C23H25Cl2N7O. The number of fused-ring (bicyclic) bond motifs is 1. The minimum atomic E-state index is -0.253. The molecule has 0 aliphatic carbocycles. The number of amides is 1. The Morgan fingerprint density at radius 3 is 2.55 bits per heavy atom. The van der Waals surface area contributed by atoms with E-state index in [1.807, 2.05) is 45.2 Å². The smallest absolute Gasteiger partial charge is 0.265 e. The van der Waals surface area contributed by atoms with Gasteiger partial charge in [0.25, 0.3) is 5.91 Å². The van der Waals surface area contributed by atoms with Crippen molar-refractivity contribution in [1.82, 2.24) is 15.3 Å². The first-order chi connectivity index (χ1) is 15.8. The number of hydrogen-bond acceptors (Lipinski definition) is 7. The molecule has 0 saturated heterocycles. The first-order valence-electron chi connectivity index (χ1n) is 10.4. The third kappa shape index (κ3) is 4.55. The normalized spacial score (nSPS) is 13.2. The van der Waals surface area contributed by atoms with Gasteiger partial charge in [-0.2, -0.15) is 4.98 Å². The highest BCUT2D eigenvalue weighted by atomic mass is 35.5. The van der Waals surface area contributed by atoms with Crippen LogP contribution in [0.1, 0.15) is 15.9 Å². The molecule has 2 N–H and O–H groups in total. The highest BCUT2D eigenvalue weighted by molar-refractivity contribution is 6.40. The van der Waals surface area contributed by atoms with Crippen molar-refractivity contribution in [3.8, 4) is 0 Å². The maximum atomic E-state index is 13.2. The third-order valence-electron chi connectivity index (χ3n) is 5.35. The molecule has 0 fully saturated rings. The summed E-state index contributed by atoms with van der Waals surface area (Å²) in [5.74, 6) is 0.694. The van der Waals surface area contributed by atoms with E-state index in [2.05, 4.69) is 31.6 Å². The standard InChI is InChI=1S/C23H25Cl2N7O/c1-26-11-14-10-15(8-9-19(14)30(2)3)28-23-27-12-16-21(29-23)31(4)13-32(22(16)33)20-17(24)6-5-7-18(20)25/h5-10,12,26H,11,13H2,1-4H3,(H,27,28,29). The van der Waals surface area contributed by atoms with E-state index in [0.717, 1.165) is 23.5 Å². The summed E-state index contributed by atoms with van der Waals surface area (Å²) in [6.07, 6.45) is 1.53. The number of nitrogens with zero attached hydrogens (tertiary/aromatic N) is 5. The largest absolute Gasteiger partial charge is 0.377 e. The fourth-order valence-electron chi connectivity index (χ4n) is 3.84. The molecule has 1 amide bonds. The quantitative estimate of drug-likeness (QED) is 0.536. The Morgan fingerprint density at radius 1 is 1.15 bits per heavy atom. The Bertz CT molecular complexity index is 1180. The Hall–Kier alpha value is -3.07. The van der Waals surface area contributed by atoms with Crippen LogP contribution in [0.3, 0.4) is 0 Å². The van der Waals surface area contributed by atoms with E-state index >= 15 is 0 Å². The summed E-state index contributed by atoms with van der Waals surface area (Å²) in [7, 11) is 7.80. The Morgan fingerprint density at radius 2 is 1.88 bits per heavy atom. The van der Waals surface area contributed by atoms with Crippen molar-refractivity contribution < 1.29 is 4.79 Å². The predicted octanol–water partition coefficient (Wildman–Crippen LogP) is 4.37. The van der Waals surface area contributed by atoms with Crippen molar-refractivity contribution in [2.75, 3.05) is 54.9 Å². The molecule has 0 radical (unpaired) electrons. The van der Waals surface area contributed by atoms with Crippen LogP contribution in [-0.4, -0.2) is 50.7 Å². The zero-order valence-electron chi connectivity index (χ0n) is 18.9. The average molecular weight is 486 g/mol. The molecule has 2 aromatic carbocycles. The number of benzene rings is 2. The van der Waals surface area contributed by atoms with E-state index in [0.29, 0.717) is 33.1 Å². The Balaban J connectivity index is 1.63. The maximum Gasteiger partial charge on any atom is 0.265 e. The van der Waals surface area contributed by atoms with Crippen molar-refractivity contribution in [3.63, 3.8) is 0 Å². The molecule has 0 unspecified atom stereocenters. The van der Waals surface area contributed by atoms with Gasteiger partial charge in [-0.3, -0.25) is 9.69 Å². The van der Waals surface area contributed by atoms with Crippen molar-refractivity contribution in [2.45, 2.75) is 6.54 Å². The van der Waals surface area contributed by atoms with Crippen molar-refractivity contribution in [2.24, 2.45) is 0 Å². The number of hydrogen-bond donors (Lipinski definition) is 2. The van der Waals surface area contributed by atoms with E-state index in [1.54, 1.807) is 18.2 Å². The van der Waals surface area contributed by atoms with Gasteiger partial charge in [-0.15, -0.1) is 0 Å². The number of para-hydroxylation sites is 1. The molecule has 2 heterocycles. The summed E-state index contributed by atoms with van der Waals surface area (Å²) in [6, 6.07) is 11.2. The number of nitrogens with one attached hydrogen (secondary N) is 2. The van der Waals surface area contributed by atoms with Gasteiger partial charge in [0, 0.05) is 45.3 Å². The summed E-state index contributed by atoms with van der Waals surface area (Å²) in [4.78, 5) is 27.7. The number of halogens is 2. The van der Waals surface area contributed by atoms with Crippen molar-refractivity contribution in [1.29, 1.82) is 0 Å². The van der Waals surface area contributed by atoms with E-state index in [-0.39, 0.29) is 12.6 Å². The van der Waals surface area contributed by atoms with E-state index in [9.17, 15) is 4.79 Å². The van der Waals surface area contributed by atoms with Gasteiger partial charge in [-0.1, -0.05) is 29.3 Å². The van der Waals surface area contributed by atoms with Crippen LogP contribution in [0.25, 0.3) is 0 Å². The summed E-state index contributed by atoms with van der Waals surface area (Å²) >= 11 is 12.7. The molecule has 0 spiro atoms. The molecule has 3 aromatic rings. The van der Waals surface area contributed by atoms with Crippen LogP contribution < -0.4 is 25.3 Å². The molecular weight excluding hydrogens is 461 g/mol. The highest BCUT2D eigenvalue weighted by Gasteiger charge is 2.32. The molecule has 8 nitrogen and oxygen atoms in total. The van der Waals surface area contributed by atoms with Crippen LogP contribution >= 0.6 is 23.2 Å². The van der Waals surface area contributed by atoms with Crippen LogP contribution in [-0.2, 0) is 6.54 Å². The van der Waals surface area contributed by atoms with Crippen LogP contribution in [0.2, 0.25) is 10.0 Å². The topological polar surface area (TPSA) is 76.6 Å². The minimum Gasteiger partial charge on any atom is -0.377 e. The SMILES string of the molecule is CNCc1cc(Nc2ncc3c(n2)N(C)CN(c2c(Cl)cccc2Cl)C3=O)ccc1N(C)C. The average Bonchev–Trinajstić information content (AvgIpc) is 2.77. The highest BCUT2D eigenvalue weighted by Crippen LogP contribution is 2.37. The molecule has 4 rings (SSSR count). The molecule has 0 saturated carbocycles. The van der Waals surface area contributed by atoms with Crippen molar-refractivity contribution in [3.05, 3.63) is 63.8 Å². The van der Waals surface area contributed by atoms with Gasteiger partial charge >= 0.3 is 0 Å². The number of aromatic nitrogens is 2. The summed E-state index contributed by atoms with van der Waals surface area (Å²) < 4.78 is 0. The lowest BCUT2D eigenvalue weighted by molar-refractivity contribution is 0.0982. The van der Waals surface area contributed by atoms with Crippen molar-refractivity contribution >= 4 is 57.9 Å². The molecule has 1 aliphatic rings. The monoisotopic (exact) mass is 485 g/mol. The molecule has 1 aromatic heterocycles. The van der Waals surface area contributed by atoms with Crippen LogP contribution in [0.15, 0.2) is 42.6 Å². The van der Waals surface area contributed by atoms with E-state index in [4.69, 9.17) is 23.2 Å². The second-order valence-corrected chi connectivity index (χ2v) is 8.78. The van der Waals surface area contributed by atoms with Gasteiger partial charge in [0.1, 0.15) is 11.4 Å². The predicted molar refractivity (Wildman–Crippen MR) is 135 cm³/mol. The number of carbonyl (C=O) groups is 1. The number of carbonyl (C=O) groups excluding carboxylic acids is 1. The van der Waals surface area contributed by atoms with Gasteiger partial charge in [-0.05, 0) is 42.9 Å². The third-order valence-corrected chi connectivity index (χ3v) is 5.96. The molecule has 1 aliphatic heterocycles. The molecule has 10 heteroatoms. The Labute approximate surface area is 203 Å². The first kappa shape index (κ1) is 23.1. The zero-order valence-corrected chi connectivity index (χ0v) is 20.4. The lowest BCUT2D eigenvalue weighted by atomic mass is 10.1. The Kier molecular flexibility index (Phi) is 6.60.